The van der Waals surface area contributed by atoms with Crippen LogP contribution in [-0.2, 0) is 6.42 Å². The average molecular weight is 306 g/mol. The first-order valence-corrected chi connectivity index (χ1v) is 8.83. The lowest BCUT2D eigenvalue weighted by molar-refractivity contribution is 0.638. The van der Waals surface area contributed by atoms with Crippen molar-refractivity contribution in [2.24, 2.45) is 4.99 Å². The van der Waals surface area contributed by atoms with Gasteiger partial charge in [0.2, 0.25) is 0 Å². The zero-order chi connectivity index (χ0) is 15.7. The van der Waals surface area contributed by atoms with Crippen molar-refractivity contribution < 1.29 is 0 Å². The predicted octanol–water partition coefficient (Wildman–Crippen LogP) is 5.10. The third-order valence-corrected chi connectivity index (χ3v) is 4.45. The highest BCUT2D eigenvalue weighted by Crippen LogP contribution is 2.19. The molecule has 2 nitrogen and oxygen atoms in total. The minimum absolute atomic E-state index is 0.976. The van der Waals surface area contributed by atoms with Crippen LogP contribution in [0.1, 0.15) is 37.7 Å². The van der Waals surface area contributed by atoms with Gasteiger partial charge in [-0.1, -0.05) is 61.4 Å². The van der Waals surface area contributed by atoms with Crippen molar-refractivity contribution >= 4 is 11.5 Å². The molecular formula is C21H26N2. The van der Waals surface area contributed by atoms with E-state index in [0.29, 0.717) is 0 Å². The first-order valence-electron chi connectivity index (χ1n) is 8.83. The molecule has 0 saturated heterocycles. The van der Waals surface area contributed by atoms with Crippen molar-refractivity contribution in [1.82, 2.24) is 0 Å². The Labute approximate surface area is 139 Å². The molecule has 3 rings (SSSR count). The van der Waals surface area contributed by atoms with Gasteiger partial charge in [0.05, 0.1) is 0 Å². The topological polar surface area (TPSA) is 15.6 Å². The Balaban J connectivity index is 1.78. The van der Waals surface area contributed by atoms with Gasteiger partial charge in [0.25, 0.3) is 0 Å². The van der Waals surface area contributed by atoms with E-state index in [4.69, 9.17) is 4.99 Å². The molecule has 0 amide bonds. The molecule has 2 aromatic rings. The molecule has 0 saturated carbocycles. The third-order valence-electron chi connectivity index (χ3n) is 4.45. The van der Waals surface area contributed by atoms with Crippen LogP contribution in [0.15, 0.2) is 65.7 Å². The Hall–Kier alpha value is -2.09. The lowest BCUT2D eigenvalue weighted by atomic mass is 10.1. The summed E-state index contributed by atoms with van der Waals surface area (Å²) in [5, 5.41) is 0. The molecule has 2 aromatic carbocycles. The summed E-state index contributed by atoms with van der Waals surface area (Å²) in [5.74, 6) is 1.27. The zero-order valence-corrected chi connectivity index (χ0v) is 13.8. The van der Waals surface area contributed by atoms with Gasteiger partial charge in [-0.2, -0.15) is 0 Å². The molecule has 1 aliphatic rings. The molecule has 0 bridgehead atoms. The molecule has 0 atom stereocenters. The van der Waals surface area contributed by atoms with Crippen LogP contribution >= 0.6 is 0 Å². The van der Waals surface area contributed by atoms with Crippen molar-refractivity contribution in [2.45, 2.75) is 38.5 Å². The molecule has 0 fully saturated rings. The van der Waals surface area contributed by atoms with Gasteiger partial charge >= 0.3 is 0 Å². The van der Waals surface area contributed by atoms with Gasteiger partial charge in [0, 0.05) is 25.2 Å². The molecule has 23 heavy (non-hydrogen) atoms. The SMILES string of the molecule is c1ccc(CCN(/C2=N/CCCCCC2)c2ccccc2)cc1. The van der Waals surface area contributed by atoms with Crippen LogP contribution in [0.3, 0.4) is 0 Å². The van der Waals surface area contributed by atoms with E-state index in [2.05, 4.69) is 65.6 Å². The van der Waals surface area contributed by atoms with Crippen molar-refractivity contribution in [2.75, 3.05) is 18.0 Å². The van der Waals surface area contributed by atoms with E-state index in [1.165, 1.54) is 42.8 Å². The summed E-state index contributed by atoms with van der Waals surface area (Å²) in [6, 6.07) is 21.5. The van der Waals surface area contributed by atoms with Crippen LogP contribution in [-0.4, -0.2) is 18.9 Å². The summed E-state index contributed by atoms with van der Waals surface area (Å²) in [6.45, 7) is 1.97. The van der Waals surface area contributed by atoms with Crippen LogP contribution in [0.25, 0.3) is 0 Å². The molecule has 0 N–H and O–H groups in total. The van der Waals surface area contributed by atoms with E-state index in [-0.39, 0.29) is 0 Å². The Morgan fingerprint density at radius 1 is 0.783 bits per heavy atom. The highest BCUT2D eigenvalue weighted by atomic mass is 15.2. The van der Waals surface area contributed by atoms with E-state index in [0.717, 1.165) is 25.9 Å². The Morgan fingerprint density at radius 3 is 2.26 bits per heavy atom. The van der Waals surface area contributed by atoms with Crippen molar-refractivity contribution in [3.8, 4) is 0 Å². The number of aliphatic imine (C=N–C) groups is 1. The number of para-hydroxylation sites is 1. The molecule has 1 heterocycles. The summed E-state index contributed by atoms with van der Waals surface area (Å²) in [5.41, 5.74) is 2.66. The molecule has 0 unspecified atom stereocenters. The van der Waals surface area contributed by atoms with E-state index in [1.807, 2.05) is 0 Å². The number of anilines is 1. The van der Waals surface area contributed by atoms with Crippen LogP contribution in [0.4, 0.5) is 5.69 Å². The highest BCUT2D eigenvalue weighted by Gasteiger charge is 2.14. The number of nitrogens with zero attached hydrogens (tertiary/aromatic N) is 2. The van der Waals surface area contributed by atoms with E-state index in [9.17, 15) is 0 Å². The van der Waals surface area contributed by atoms with Gasteiger partial charge in [-0.15, -0.1) is 0 Å². The Morgan fingerprint density at radius 2 is 1.48 bits per heavy atom. The predicted molar refractivity (Wildman–Crippen MR) is 99.3 cm³/mol. The molecule has 120 valence electrons. The summed E-state index contributed by atoms with van der Waals surface area (Å²) in [4.78, 5) is 7.34. The van der Waals surface area contributed by atoms with Crippen molar-refractivity contribution in [3.63, 3.8) is 0 Å². The fourth-order valence-corrected chi connectivity index (χ4v) is 3.16. The van der Waals surface area contributed by atoms with Gasteiger partial charge in [-0.25, -0.2) is 0 Å². The molecule has 0 spiro atoms. The zero-order valence-electron chi connectivity index (χ0n) is 13.8. The molecule has 0 aromatic heterocycles. The largest absolute Gasteiger partial charge is 0.330 e. The van der Waals surface area contributed by atoms with Gasteiger partial charge < -0.3 is 4.90 Å². The van der Waals surface area contributed by atoms with Crippen LogP contribution < -0.4 is 4.90 Å². The van der Waals surface area contributed by atoms with Gasteiger partial charge in [-0.3, -0.25) is 4.99 Å². The molecule has 0 radical (unpaired) electrons. The number of benzene rings is 2. The second kappa shape index (κ2) is 8.52. The fourth-order valence-electron chi connectivity index (χ4n) is 3.16. The van der Waals surface area contributed by atoms with E-state index in [1.54, 1.807) is 0 Å². The number of hydrogen-bond donors (Lipinski definition) is 0. The van der Waals surface area contributed by atoms with Gasteiger partial charge in [0.1, 0.15) is 5.84 Å². The molecular weight excluding hydrogens is 280 g/mol. The van der Waals surface area contributed by atoms with Crippen LogP contribution in [0, 0.1) is 0 Å². The highest BCUT2D eigenvalue weighted by molar-refractivity contribution is 5.97. The molecule has 0 aliphatic carbocycles. The van der Waals surface area contributed by atoms with E-state index < -0.39 is 0 Å². The standard InChI is InChI=1S/C21H26N2/c1-2-10-17-22-21(15-9-1)23(20-13-7-4-8-14-20)18-16-19-11-5-3-6-12-19/h3-8,11-14H,1-2,9-10,15-18H2/b22-21+. The fraction of sp³-hybridized carbons (Fsp3) is 0.381. The average Bonchev–Trinajstić information content (AvgIpc) is 2.58. The van der Waals surface area contributed by atoms with Crippen LogP contribution in [0.5, 0.6) is 0 Å². The normalized spacial score (nSPS) is 17.7. The first-order chi connectivity index (χ1) is 11.4. The maximum atomic E-state index is 4.91. The first kappa shape index (κ1) is 15.8. The monoisotopic (exact) mass is 306 g/mol. The second-order valence-electron chi connectivity index (χ2n) is 6.18. The maximum absolute atomic E-state index is 4.91. The Bertz CT molecular complexity index is 604. The molecule has 2 heteroatoms. The number of rotatable bonds is 4. The minimum atomic E-state index is 0.976. The minimum Gasteiger partial charge on any atom is -0.330 e. The lowest BCUT2D eigenvalue weighted by Gasteiger charge is -2.27. The summed E-state index contributed by atoms with van der Waals surface area (Å²) < 4.78 is 0. The lowest BCUT2D eigenvalue weighted by Crippen LogP contribution is -2.33. The summed E-state index contributed by atoms with van der Waals surface area (Å²) >= 11 is 0. The quantitative estimate of drug-likeness (QED) is 0.767. The van der Waals surface area contributed by atoms with Gasteiger partial charge in [-0.05, 0) is 37.0 Å². The number of amidine groups is 1. The Kier molecular flexibility index (Phi) is 5.85. The third kappa shape index (κ3) is 4.69. The number of hydrogen-bond acceptors (Lipinski definition) is 2. The summed E-state index contributed by atoms with van der Waals surface area (Å²) in [6.07, 6.45) is 7.29. The van der Waals surface area contributed by atoms with Gasteiger partial charge in [0.15, 0.2) is 0 Å². The smallest absolute Gasteiger partial charge is 0.103 e. The van der Waals surface area contributed by atoms with Crippen molar-refractivity contribution in [1.29, 1.82) is 0 Å². The molecule has 1 aliphatic heterocycles. The van der Waals surface area contributed by atoms with Crippen molar-refractivity contribution in [3.05, 3.63) is 66.2 Å². The summed E-state index contributed by atoms with van der Waals surface area (Å²) in [7, 11) is 0. The van der Waals surface area contributed by atoms with E-state index >= 15 is 0 Å². The maximum Gasteiger partial charge on any atom is 0.103 e. The van der Waals surface area contributed by atoms with Crippen LogP contribution in [0.2, 0.25) is 0 Å². The second-order valence-corrected chi connectivity index (χ2v) is 6.18.